The van der Waals surface area contributed by atoms with Crippen LogP contribution in [0.3, 0.4) is 0 Å². The summed E-state index contributed by atoms with van der Waals surface area (Å²) in [6.07, 6.45) is -6.03. The molecule has 3 rings (SSSR count). The van der Waals surface area contributed by atoms with E-state index in [4.69, 9.17) is 21.1 Å². The van der Waals surface area contributed by atoms with Gasteiger partial charge in [0.05, 0.1) is 11.1 Å². The number of nitrogens with zero attached hydrogens (tertiary/aromatic N) is 2. The number of aliphatic hydroxyl groups is 2. The first-order valence-electron chi connectivity index (χ1n) is 26.4. The molecule has 1 aromatic carbocycles. The van der Waals surface area contributed by atoms with Gasteiger partial charge in [-0.05, 0) is 89.8 Å². The Labute approximate surface area is 459 Å². The Balaban J connectivity index is 2.26. The lowest BCUT2D eigenvalue weighted by Gasteiger charge is -2.43. The van der Waals surface area contributed by atoms with Crippen molar-refractivity contribution in [3.05, 3.63) is 28.8 Å². The summed E-state index contributed by atoms with van der Waals surface area (Å²) >= 11 is 6.23. The normalized spacial score (nSPS) is 25.2. The largest absolute Gasteiger partial charge is 0.506 e. The lowest BCUT2D eigenvalue weighted by molar-refractivity contribution is -0.170. The molecular weight excluding hydrogens is 1040 g/mol. The van der Waals surface area contributed by atoms with E-state index in [0.29, 0.717) is 23.3 Å². The van der Waals surface area contributed by atoms with Crippen molar-refractivity contribution in [3.63, 3.8) is 0 Å². The number of ether oxygens (including phenoxy) is 2. The third kappa shape index (κ3) is 17.7. The minimum Gasteiger partial charge on any atom is -0.506 e. The number of piperidine rings is 1. The van der Waals surface area contributed by atoms with Gasteiger partial charge >= 0.3 is 11.9 Å². The molecule has 0 aliphatic carbocycles. The molecule has 9 amide bonds. The topological polar surface area (TPSA) is 358 Å². The number of amides is 9. The van der Waals surface area contributed by atoms with Crippen molar-refractivity contribution in [2.45, 2.75) is 206 Å². The van der Waals surface area contributed by atoms with Crippen LogP contribution in [0.5, 0.6) is 5.75 Å². The smallest absolute Gasteiger partial charge is 0.329 e. The van der Waals surface area contributed by atoms with Gasteiger partial charge in [-0.15, -0.1) is 0 Å². The van der Waals surface area contributed by atoms with Crippen molar-refractivity contribution in [3.8, 4) is 5.75 Å². The lowest BCUT2D eigenvalue weighted by Crippen LogP contribution is -2.67. The number of halogens is 1. The zero-order chi connectivity index (χ0) is 59.0. The Hall–Kier alpha value is -6.60. The molecule has 2 bridgehead atoms. The van der Waals surface area contributed by atoms with Crippen molar-refractivity contribution in [2.24, 2.45) is 11.8 Å². The highest BCUT2D eigenvalue weighted by molar-refractivity contribution is 6.32. The molecule has 14 unspecified atom stereocenters. The molecule has 1 aromatic rings. The molecule has 2 aliphatic heterocycles. The predicted molar refractivity (Wildman–Crippen MR) is 281 cm³/mol. The molecule has 2 aliphatic rings. The van der Waals surface area contributed by atoms with Crippen LogP contribution in [-0.2, 0) is 68.6 Å². The van der Waals surface area contributed by atoms with Crippen LogP contribution in [0, 0.1) is 11.8 Å². The van der Waals surface area contributed by atoms with Crippen molar-refractivity contribution in [1.29, 1.82) is 0 Å². The second-order valence-electron chi connectivity index (χ2n) is 20.4. The minimum absolute atomic E-state index is 0.0655. The number of benzene rings is 1. The average molecular weight is 1120 g/mol. The fourth-order valence-corrected chi connectivity index (χ4v) is 8.94. The molecule has 2 saturated heterocycles. The lowest BCUT2D eigenvalue weighted by atomic mass is 9.94. The molecule has 0 radical (unpaired) electrons. The Kier molecular flexibility index (Phi) is 25.2. The molecule has 78 heavy (non-hydrogen) atoms. The maximum absolute atomic E-state index is 14.8. The van der Waals surface area contributed by atoms with Gasteiger partial charge in [-0.1, -0.05) is 65.6 Å². The van der Waals surface area contributed by atoms with Gasteiger partial charge in [-0.25, -0.2) is 9.59 Å². The van der Waals surface area contributed by atoms with E-state index in [2.05, 4.69) is 37.2 Å². The first kappa shape index (κ1) is 65.7. The first-order chi connectivity index (χ1) is 36.5. The van der Waals surface area contributed by atoms with Crippen molar-refractivity contribution < 1.29 is 77.5 Å². The minimum atomic E-state index is -1.97. The third-order valence-electron chi connectivity index (χ3n) is 13.6. The van der Waals surface area contributed by atoms with Crippen LogP contribution >= 0.6 is 11.6 Å². The SMILES string of the molecule is CCCC(=O)NC(C)C(=O)NC(C(=O)NC1C(=O)NC(C(C)CC)C(=O)NC2CCC(O)N(C2=O)C(C(C)O)C(=O)N(C)C(Cc2ccc(O)c(Cl)c2)C(=O)NC(C(C)C)C(=O)OC1C)C(C)OC(=O)C(C)NC(=O)CCC. The molecule has 25 nitrogen and oxygen atoms in total. The Morgan fingerprint density at radius 2 is 1.38 bits per heavy atom. The summed E-state index contributed by atoms with van der Waals surface area (Å²) in [7, 11) is 1.20. The second-order valence-corrected chi connectivity index (χ2v) is 20.8. The summed E-state index contributed by atoms with van der Waals surface area (Å²) in [5.74, 6) is -12.1. The number of hydrogen-bond donors (Lipinski definition) is 10. The van der Waals surface area contributed by atoms with Gasteiger partial charge in [-0.2, -0.15) is 0 Å². The number of fused-ring (bicyclic) bond motifs is 2. The highest BCUT2D eigenvalue weighted by Crippen LogP contribution is 2.27. The van der Waals surface area contributed by atoms with Gasteiger partial charge in [0, 0.05) is 26.3 Å². The van der Waals surface area contributed by atoms with Crippen LogP contribution in [0.4, 0.5) is 0 Å². The molecule has 2 fully saturated rings. The van der Waals surface area contributed by atoms with Gasteiger partial charge in [0.25, 0.3) is 0 Å². The van der Waals surface area contributed by atoms with Gasteiger partial charge in [0.15, 0.2) is 0 Å². The number of cyclic esters (lactones) is 1. The van der Waals surface area contributed by atoms with Crippen molar-refractivity contribution in [2.75, 3.05) is 7.05 Å². The number of likely N-dealkylation sites (N-methyl/N-ethyl adjacent to an activating group) is 1. The van der Waals surface area contributed by atoms with Crippen molar-refractivity contribution in [1.82, 2.24) is 47.0 Å². The quantitative estimate of drug-likeness (QED) is 0.0797. The molecule has 436 valence electrons. The number of esters is 2. The van der Waals surface area contributed by atoms with E-state index < -0.39 is 156 Å². The number of phenolic OH excluding ortho intramolecular Hbond substituents is 1. The summed E-state index contributed by atoms with van der Waals surface area (Å²) < 4.78 is 11.5. The number of aliphatic hydroxyl groups excluding tert-OH is 2. The molecule has 10 N–H and O–H groups in total. The van der Waals surface area contributed by atoms with E-state index in [1.165, 1.54) is 73.7 Å². The number of nitrogens with one attached hydrogen (secondary N) is 7. The van der Waals surface area contributed by atoms with Crippen LogP contribution in [-0.4, -0.2) is 176 Å². The number of hydrogen-bond acceptors (Lipinski definition) is 16. The highest BCUT2D eigenvalue weighted by Gasteiger charge is 2.48. The molecular formula is C52H80ClN9O16. The summed E-state index contributed by atoms with van der Waals surface area (Å²) in [4.78, 5) is 156. The number of carbonyl (C=O) groups excluding carboxylic acids is 11. The Bertz CT molecular complexity index is 2360. The number of aromatic hydroxyl groups is 1. The Morgan fingerprint density at radius 3 is 1.94 bits per heavy atom. The van der Waals surface area contributed by atoms with E-state index in [0.717, 1.165) is 4.90 Å². The van der Waals surface area contributed by atoms with Gasteiger partial charge < -0.3 is 71.8 Å². The number of carbonyl (C=O) groups is 11. The second kappa shape index (κ2) is 30.0. The maximum atomic E-state index is 14.8. The van der Waals surface area contributed by atoms with E-state index in [1.807, 2.05) is 0 Å². The predicted octanol–water partition coefficient (Wildman–Crippen LogP) is -0.282. The van der Waals surface area contributed by atoms with E-state index >= 15 is 0 Å². The zero-order valence-corrected chi connectivity index (χ0v) is 47.2. The van der Waals surface area contributed by atoms with Gasteiger partial charge in [0.1, 0.15) is 78.6 Å². The summed E-state index contributed by atoms with van der Waals surface area (Å²) in [6, 6.07) is -10.2. The van der Waals surface area contributed by atoms with E-state index in [1.54, 1.807) is 27.7 Å². The van der Waals surface area contributed by atoms with E-state index in [-0.39, 0.29) is 49.3 Å². The fraction of sp³-hybridized carbons (Fsp3) is 0.673. The van der Waals surface area contributed by atoms with Crippen LogP contribution < -0.4 is 37.2 Å². The highest BCUT2D eigenvalue weighted by atomic mass is 35.5. The third-order valence-corrected chi connectivity index (χ3v) is 13.9. The van der Waals surface area contributed by atoms with Gasteiger partial charge in [0.2, 0.25) is 53.2 Å². The molecule has 2 heterocycles. The zero-order valence-electron chi connectivity index (χ0n) is 46.5. The maximum Gasteiger partial charge on any atom is 0.329 e. The Morgan fingerprint density at radius 1 is 0.795 bits per heavy atom. The van der Waals surface area contributed by atoms with Crippen LogP contribution in [0.1, 0.15) is 127 Å². The fourth-order valence-electron chi connectivity index (χ4n) is 8.74. The van der Waals surface area contributed by atoms with Crippen LogP contribution in [0.2, 0.25) is 5.02 Å². The molecule has 26 heteroatoms. The summed E-state index contributed by atoms with van der Waals surface area (Å²) in [5, 5.41) is 50.3. The van der Waals surface area contributed by atoms with Crippen LogP contribution in [0.25, 0.3) is 0 Å². The molecule has 0 saturated carbocycles. The van der Waals surface area contributed by atoms with E-state index in [9.17, 15) is 68.1 Å². The molecule has 0 aromatic heterocycles. The van der Waals surface area contributed by atoms with Gasteiger partial charge in [-0.3, -0.25) is 43.2 Å². The number of phenols is 1. The summed E-state index contributed by atoms with van der Waals surface area (Å²) in [5.41, 5.74) is 0.307. The first-order valence-corrected chi connectivity index (χ1v) is 26.8. The molecule has 14 atom stereocenters. The standard InChI is InChI=1S/C52H80ClN9O16/c1-13-16-36(65)54-26(7)44(68)59-41(29(10)77-51(75)27(8)55-37(66)17-14-2)48(72)60-42-30(11)78-52(76)39(24(4)5)57-45(69)34(23-31-18-20-35(64)32(53)22-31)61(12)50(74)43(28(9)63)62-38(67)21-19-33(49(62)73)56-46(70)40(25(6)15-3)58-47(42)71/h18,20,22,24-30,33-34,38-43,63-64,67H,13-17,19,21,23H2,1-12H3,(H,54,65)(H,55,66)(H,56,70)(H,57,69)(H,58,71)(H,59,68)(H,60,72). The summed E-state index contributed by atoms with van der Waals surface area (Å²) in [6.45, 7) is 16.2. The van der Waals surface area contributed by atoms with Crippen LogP contribution in [0.15, 0.2) is 18.2 Å². The monoisotopic (exact) mass is 1120 g/mol. The van der Waals surface area contributed by atoms with Crippen molar-refractivity contribution >= 4 is 76.7 Å². The number of rotatable bonds is 19. The molecule has 0 spiro atoms. The average Bonchev–Trinajstić information content (AvgIpc) is 3.36.